The molecule has 1 atom stereocenters. The van der Waals surface area contributed by atoms with Crippen molar-refractivity contribution in [1.82, 2.24) is 15.0 Å². The lowest BCUT2D eigenvalue weighted by atomic mass is 10.2. The molecule has 2 aromatic heterocycles. The van der Waals surface area contributed by atoms with Crippen molar-refractivity contribution in [2.75, 3.05) is 6.54 Å². The summed E-state index contributed by atoms with van der Waals surface area (Å²) in [5.74, 6) is 1.55. The zero-order valence-electron chi connectivity index (χ0n) is 10.5. The van der Waals surface area contributed by atoms with Crippen LogP contribution in [-0.4, -0.2) is 21.6 Å². The van der Waals surface area contributed by atoms with E-state index in [4.69, 9.17) is 4.52 Å². The fourth-order valence-electron chi connectivity index (χ4n) is 2.49. The van der Waals surface area contributed by atoms with Gasteiger partial charge >= 0.3 is 0 Å². The topological polar surface area (TPSA) is 42.2 Å². The van der Waals surface area contributed by atoms with E-state index < -0.39 is 0 Å². The molecule has 0 amide bonds. The Morgan fingerprint density at radius 2 is 2.50 bits per heavy atom. The molecule has 1 aliphatic heterocycles. The minimum absolute atomic E-state index is 0.530. The number of rotatable bonds is 4. The first-order chi connectivity index (χ1) is 8.86. The number of aromatic nitrogens is 2. The molecule has 1 saturated heterocycles. The first-order valence-corrected chi connectivity index (χ1v) is 7.33. The highest BCUT2D eigenvalue weighted by Gasteiger charge is 2.28. The molecule has 0 radical (unpaired) electrons. The quantitative estimate of drug-likeness (QED) is 0.850. The Morgan fingerprint density at radius 3 is 3.22 bits per heavy atom. The van der Waals surface area contributed by atoms with Crippen LogP contribution in [0.15, 0.2) is 22.0 Å². The van der Waals surface area contributed by atoms with E-state index >= 15 is 0 Å². The third-order valence-corrected chi connectivity index (χ3v) is 4.37. The highest BCUT2D eigenvalue weighted by molar-refractivity contribution is 7.10. The van der Waals surface area contributed by atoms with E-state index in [9.17, 15) is 0 Å². The van der Waals surface area contributed by atoms with Gasteiger partial charge in [0.1, 0.15) is 0 Å². The summed E-state index contributed by atoms with van der Waals surface area (Å²) in [4.78, 5) is 8.28. The van der Waals surface area contributed by atoms with E-state index in [0.717, 1.165) is 31.2 Å². The van der Waals surface area contributed by atoms with Crippen LogP contribution in [0.3, 0.4) is 0 Å². The summed E-state index contributed by atoms with van der Waals surface area (Å²) in [6.45, 7) is 3.93. The molecule has 18 heavy (non-hydrogen) atoms. The minimum atomic E-state index is 0.530. The minimum Gasteiger partial charge on any atom is -0.338 e. The maximum atomic E-state index is 5.28. The van der Waals surface area contributed by atoms with Crippen LogP contribution < -0.4 is 0 Å². The highest BCUT2D eigenvalue weighted by Crippen LogP contribution is 2.35. The molecule has 1 aliphatic rings. The zero-order valence-corrected chi connectivity index (χ0v) is 11.3. The number of thiophene rings is 1. The lowest BCUT2D eigenvalue weighted by Gasteiger charge is -2.21. The van der Waals surface area contributed by atoms with Crippen molar-refractivity contribution in [1.29, 1.82) is 0 Å². The second-order valence-electron chi connectivity index (χ2n) is 4.60. The van der Waals surface area contributed by atoms with Gasteiger partial charge in [-0.15, -0.1) is 11.3 Å². The summed E-state index contributed by atoms with van der Waals surface area (Å²) < 4.78 is 5.28. The Bertz CT molecular complexity index is 494. The smallest absolute Gasteiger partial charge is 0.240 e. The Balaban J connectivity index is 1.71. The molecule has 5 heteroatoms. The molecule has 0 spiro atoms. The van der Waals surface area contributed by atoms with E-state index in [-0.39, 0.29) is 0 Å². The van der Waals surface area contributed by atoms with Crippen LogP contribution in [0.4, 0.5) is 0 Å². The molecule has 0 saturated carbocycles. The summed E-state index contributed by atoms with van der Waals surface area (Å²) >= 11 is 1.84. The van der Waals surface area contributed by atoms with E-state index in [1.54, 1.807) is 0 Å². The van der Waals surface area contributed by atoms with Crippen molar-refractivity contribution in [2.45, 2.75) is 38.8 Å². The molecule has 3 heterocycles. The predicted octanol–water partition coefficient (Wildman–Crippen LogP) is 3.03. The summed E-state index contributed by atoms with van der Waals surface area (Å²) in [6.07, 6.45) is 3.31. The van der Waals surface area contributed by atoms with Crippen molar-refractivity contribution < 1.29 is 4.52 Å². The van der Waals surface area contributed by atoms with E-state index in [0.29, 0.717) is 6.04 Å². The third kappa shape index (κ3) is 2.33. The van der Waals surface area contributed by atoms with Gasteiger partial charge in [0.25, 0.3) is 0 Å². The molecular weight excluding hydrogens is 246 g/mol. The Kier molecular flexibility index (Phi) is 3.43. The van der Waals surface area contributed by atoms with Crippen molar-refractivity contribution in [2.24, 2.45) is 0 Å². The molecule has 0 aromatic carbocycles. The van der Waals surface area contributed by atoms with Crippen molar-refractivity contribution in [3.8, 4) is 0 Å². The molecule has 2 aromatic rings. The number of likely N-dealkylation sites (tertiary alicyclic amines) is 1. The first-order valence-electron chi connectivity index (χ1n) is 6.45. The lowest BCUT2D eigenvalue weighted by molar-refractivity contribution is 0.214. The lowest BCUT2D eigenvalue weighted by Crippen LogP contribution is -2.22. The molecular formula is C13H17N3OS. The number of hydrogen-bond donors (Lipinski definition) is 0. The highest BCUT2D eigenvalue weighted by atomic mass is 32.1. The van der Waals surface area contributed by atoms with Gasteiger partial charge in [-0.2, -0.15) is 4.98 Å². The van der Waals surface area contributed by atoms with Crippen molar-refractivity contribution in [3.63, 3.8) is 0 Å². The molecule has 0 aliphatic carbocycles. The SMILES string of the molecule is CCc1noc(CN2CCC[C@H]2c2cccs2)n1. The molecule has 0 bridgehead atoms. The summed E-state index contributed by atoms with van der Waals surface area (Å²) in [5.41, 5.74) is 0. The molecule has 0 N–H and O–H groups in total. The molecule has 96 valence electrons. The van der Waals surface area contributed by atoms with Gasteiger partial charge in [0, 0.05) is 17.3 Å². The van der Waals surface area contributed by atoms with Crippen LogP contribution in [0.1, 0.15) is 42.4 Å². The number of nitrogens with zero attached hydrogens (tertiary/aromatic N) is 3. The fourth-order valence-corrected chi connectivity index (χ4v) is 3.39. The zero-order chi connectivity index (χ0) is 12.4. The van der Waals surface area contributed by atoms with Gasteiger partial charge in [-0.05, 0) is 30.8 Å². The Morgan fingerprint density at radius 1 is 1.56 bits per heavy atom. The van der Waals surface area contributed by atoms with Gasteiger partial charge in [0.05, 0.1) is 6.54 Å². The Hall–Kier alpha value is -1.20. The van der Waals surface area contributed by atoms with Crippen LogP contribution in [0.5, 0.6) is 0 Å². The van der Waals surface area contributed by atoms with Gasteiger partial charge in [-0.3, -0.25) is 4.90 Å². The molecule has 4 nitrogen and oxygen atoms in total. The van der Waals surface area contributed by atoms with E-state index in [2.05, 4.69) is 32.6 Å². The average Bonchev–Trinajstić information content (AvgIpc) is 3.09. The van der Waals surface area contributed by atoms with Crippen LogP contribution >= 0.6 is 11.3 Å². The predicted molar refractivity (Wildman–Crippen MR) is 70.4 cm³/mol. The summed E-state index contributed by atoms with van der Waals surface area (Å²) in [5, 5.41) is 6.10. The van der Waals surface area contributed by atoms with Gasteiger partial charge in [0.2, 0.25) is 5.89 Å². The average molecular weight is 263 g/mol. The van der Waals surface area contributed by atoms with Crippen LogP contribution in [0.25, 0.3) is 0 Å². The number of hydrogen-bond acceptors (Lipinski definition) is 5. The maximum absolute atomic E-state index is 5.28. The van der Waals surface area contributed by atoms with Crippen molar-refractivity contribution >= 4 is 11.3 Å². The van der Waals surface area contributed by atoms with Gasteiger partial charge in [-0.25, -0.2) is 0 Å². The van der Waals surface area contributed by atoms with Gasteiger partial charge < -0.3 is 4.52 Å². The molecule has 1 fully saturated rings. The molecule has 3 rings (SSSR count). The maximum Gasteiger partial charge on any atom is 0.240 e. The normalized spacial score (nSPS) is 20.6. The van der Waals surface area contributed by atoms with E-state index in [1.807, 2.05) is 18.3 Å². The van der Waals surface area contributed by atoms with Crippen LogP contribution in [0.2, 0.25) is 0 Å². The Labute approximate surface area is 111 Å². The fraction of sp³-hybridized carbons (Fsp3) is 0.538. The third-order valence-electron chi connectivity index (χ3n) is 3.40. The second-order valence-corrected chi connectivity index (χ2v) is 5.58. The number of aryl methyl sites for hydroxylation is 1. The summed E-state index contributed by atoms with van der Waals surface area (Å²) in [6, 6.07) is 4.87. The van der Waals surface area contributed by atoms with Crippen molar-refractivity contribution in [3.05, 3.63) is 34.1 Å². The van der Waals surface area contributed by atoms with Gasteiger partial charge in [-0.1, -0.05) is 18.1 Å². The standard InChI is InChI=1S/C13H17N3OS/c1-2-12-14-13(17-15-12)9-16-7-3-5-10(16)11-6-4-8-18-11/h4,6,8,10H,2-3,5,7,9H2,1H3/t10-/m0/s1. The van der Waals surface area contributed by atoms with E-state index in [1.165, 1.54) is 17.7 Å². The second kappa shape index (κ2) is 5.20. The molecule has 0 unspecified atom stereocenters. The van der Waals surface area contributed by atoms with Crippen LogP contribution in [0, 0.1) is 0 Å². The largest absolute Gasteiger partial charge is 0.338 e. The first kappa shape index (κ1) is 11.9. The van der Waals surface area contributed by atoms with Gasteiger partial charge in [0.15, 0.2) is 5.82 Å². The van der Waals surface area contributed by atoms with Crippen LogP contribution in [-0.2, 0) is 13.0 Å². The monoisotopic (exact) mass is 263 g/mol. The summed E-state index contributed by atoms with van der Waals surface area (Å²) in [7, 11) is 0.